The third-order valence-corrected chi connectivity index (χ3v) is 4.59. The number of likely N-dealkylation sites (tertiary alicyclic amines) is 1. The molecule has 1 aromatic carbocycles. The van der Waals surface area contributed by atoms with Crippen molar-refractivity contribution in [3.05, 3.63) is 54.7 Å². The van der Waals surface area contributed by atoms with Crippen molar-refractivity contribution >= 4 is 5.91 Å². The van der Waals surface area contributed by atoms with E-state index in [-0.39, 0.29) is 11.9 Å². The second-order valence-electron chi connectivity index (χ2n) is 6.10. The van der Waals surface area contributed by atoms with Crippen molar-refractivity contribution in [1.82, 2.24) is 24.6 Å². The third kappa shape index (κ3) is 3.00. The molecule has 25 heavy (non-hydrogen) atoms. The molecule has 0 bridgehead atoms. The van der Waals surface area contributed by atoms with E-state index in [4.69, 9.17) is 4.74 Å². The van der Waals surface area contributed by atoms with E-state index in [0.29, 0.717) is 12.2 Å². The van der Waals surface area contributed by atoms with Crippen molar-refractivity contribution < 1.29 is 9.53 Å². The molecular weight excluding hydrogens is 318 g/mol. The fourth-order valence-corrected chi connectivity index (χ4v) is 3.17. The minimum atomic E-state index is -0.0186. The number of hydrogen-bond acceptors (Lipinski definition) is 4. The minimum Gasteiger partial charge on any atom is -0.497 e. The molecular formula is C18H19N5O2. The number of ether oxygens (including phenoxy) is 1. The van der Waals surface area contributed by atoms with Crippen molar-refractivity contribution in [3.8, 4) is 17.0 Å². The molecule has 4 rings (SSSR count). The Labute approximate surface area is 145 Å². The largest absolute Gasteiger partial charge is 0.497 e. The Hall–Kier alpha value is -3.09. The van der Waals surface area contributed by atoms with Crippen LogP contribution in [0.2, 0.25) is 0 Å². The number of amides is 1. The van der Waals surface area contributed by atoms with E-state index >= 15 is 0 Å². The maximum Gasteiger partial charge on any atom is 0.271 e. The molecule has 1 amide bonds. The average molecular weight is 337 g/mol. The molecule has 1 N–H and O–H groups in total. The Morgan fingerprint density at radius 2 is 2.16 bits per heavy atom. The lowest BCUT2D eigenvalue weighted by atomic mass is 10.1. The van der Waals surface area contributed by atoms with Crippen molar-refractivity contribution in [3.63, 3.8) is 0 Å². The fraction of sp³-hybridized carbons (Fsp3) is 0.278. The molecule has 0 spiro atoms. The van der Waals surface area contributed by atoms with Crippen LogP contribution in [0.15, 0.2) is 49.1 Å². The zero-order valence-corrected chi connectivity index (χ0v) is 13.9. The Bertz CT molecular complexity index is 854. The van der Waals surface area contributed by atoms with E-state index in [2.05, 4.69) is 19.7 Å². The van der Waals surface area contributed by atoms with Crippen LogP contribution in [0.5, 0.6) is 5.75 Å². The summed E-state index contributed by atoms with van der Waals surface area (Å²) in [6.07, 6.45) is 6.44. The van der Waals surface area contributed by atoms with E-state index < -0.39 is 0 Å². The van der Waals surface area contributed by atoms with E-state index in [9.17, 15) is 4.79 Å². The summed E-state index contributed by atoms with van der Waals surface area (Å²) in [4.78, 5) is 18.7. The third-order valence-electron chi connectivity index (χ3n) is 4.59. The highest BCUT2D eigenvalue weighted by molar-refractivity contribution is 5.93. The molecule has 0 radical (unpaired) electrons. The molecule has 3 aromatic rings. The van der Waals surface area contributed by atoms with Crippen LogP contribution in [0.1, 0.15) is 23.0 Å². The van der Waals surface area contributed by atoms with E-state index in [1.165, 1.54) is 0 Å². The van der Waals surface area contributed by atoms with Crippen molar-refractivity contribution in [2.45, 2.75) is 12.5 Å². The number of aromatic amines is 1. The molecule has 2 aromatic heterocycles. The first-order chi connectivity index (χ1) is 12.2. The van der Waals surface area contributed by atoms with Gasteiger partial charge < -0.3 is 14.2 Å². The van der Waals surface area contributed by atoms with Crippen molar-refractivity contribution in [2.75, 3.05) is 20.2 Å². The van der Waals surface area contributed by atoms with Gasteiger partial charge in [-0.05, 0) is 36.8 Å². The van der Waals surface area contributed by atoms with Crippen LogP contribution in [-0.2, 0) is 0 Å². The van der Waals surface area contributed by atoms with Crippen molar-refractivity contribution in [1.29, 1.82) is 0 Å². The maximum absolute atomic E-state index is 12.7. The van der Waals surface area contributed by atoms with Gasteiger partial charge in [0.05, 0.1) is 25.2 Å². The smallest absolute Gasteiger partial charge is 0.271 e. The summed E-state index contributed by atoms with van der Waals surface area (Å²) in [5, 5.41) is 7.14. The van der Waals surface area contributed by atoms with Gasteiger partial charge >= 0.3 is 0 Å². The number of benzene rings is 1. The zero-order chi connectivity index (χ0) is 17.2. The van der Waals surface area contributed by atoms with E-state index in [1.54, 1.807) is 25.7 Å². The van der Waals surface area contributed by atoms with Gasteiger partial charge in [0.2, 0.25) is 0 Å². The number of imidazole rings is 1. The van der Waals surface area contributed by atoms with Crippen LogP contribution in [-0.4, -0.2) is 50.8 Å². The molecule has 1 fully saturated rings. The van der Waals surface area contributed by atoms with Crippen LogP contribution in [0.25, 0.3) is 11.3 Å². The number of rotatable bonds is 4. The van der Waals surface area contributed by atoms with Gasteiger partial charge in [-0.2, -0.15) is 5.10 Å². The normalized spacial score (nSPS) is 17.0. The van der Waals surface area contributed by atoms with E-state index in [0.717, 1.165) is 30.0 Å². The van der Waals surface area contributed by atoms with Crippen molar-refractivity contribution in [2.24, 2.45) is 0 Å². The molecule has 0 unspecified atom stereocenters. The van der Waals surface area contributed by atoms with Crippen LogP contribution < -0.4 is 4.74 Å². The molecule has 1 saturated heterocycles. The number of aromatic nitrogens is 4. The number of carbonyl (C=O) groups is 1. The Balaban J connectivity index is 1.47. The van der Waals surface area contributed by atoms with Gasteiger partial charge in [-0.1, -0.05) is 0 Å². The number of carbonyl (C=O) groups excluding carboxylic acids is 1. The van der Waals surface area contributed by atoms with E-state index in [1.807, 2.05) is 35.4 Å². The predicted octanol–water partition coefficient (Wildman–Crippen LogP) is 2.37. The highest BCUT2D eigenvalue weighted by Crippen LogP contribution is 2.25. The summed E-state index contributed by atoms with van der Waals surface area (Å²) in [5.74, 6) is 0.771. The number of hydrogen-bond donors (Lipinski definition) is 1. The quantitative estimate of drug-likeness (QED) is 0.793. The average Bonchev–Trinajstić information content (AvgIpc) is 3.42. The Kier molecular flexibility index (Phi) is 3.97. The first-order valence-corrected chi connectivity index (χ1v) is 8.21. The number of methoxy groups -OCH3 is 1. The molecule has 7 nitrogen and oxygen atoms in total. The Morgan fingerprint density at radius 1 is 1.32 bits per heavy atom. The van der Waals surface area contributed by atoms with Gasteiger partial charge in [0, 0.05) is 31.0 Å². The number of nitrogens with zero attached hydrogens (tertiary/aromatic N) is 4. The van der Waals surface area contributed by atoms with Crippen LogP contribution >= 0.6 is 0 Å². The number of H-pyrrole nitrogens is 1. The van der Waals surface area contributed by atoms with Gasteiger partial charge in [-0.25, -0.2) is 4.98 Å². The maximum atomic E-state index is 12.7. The zero-order valence-electron chi connectivity index (χ0n) is 13.9. The van der Waals surface area contributed by atoms with Crippen LogP contribution in [0.4, 0.5) is 0 Å². The first-order valence-electron chi connectivity index (χ1n) is 8.21. The summed E-state index contributed by atoms with van der Waals surface area (Å²) in [6.45, 7) is 1.42. The summed E-state index contributed by atoms with van der Waals surface area (Å²) in [7, 11) is 1.63. The topological polar surface area (TPSA) is 76.0 Å². The molecule has 3 heterocycles. The minimum absolute atomic E-state index is 0.0186. The summed E-state index contributed by atoms with van der Waals surface area (Å²) >= 11 is 0. The first kappa shape index (κ1) is 15.4. The summed E-state index contributed by atoms with van der Waals surface area (Å²) < 4.78 is 7.22. The van der Waals surface area contributed by atoms with Gasteiger partial charge in [0.15, 0.2) is 0 Å². The predicted molar refractivity (Wildman–Crippen MR) is 92.4 cm³/mol. The van der Waals surface area contributed by atoms with Gasteiger partial charge in [-0.3, -0.25) is 9.89 Å². The summed E-state index contributed by atoms with van der Waals surface area (Å²) in [6, 6.07) is 9.69. The monoisotopic (exact) mass is 337 g/mol. The fourth-order valence-electron chi connectivity index (χ4n) is 3.17. The highest BCUT2D eigenvalue weighted by Gasteiger charge is 2.28. The summed E-state index contributed by atoms with van der Waals surface area (Å²) in [5.41, 5.74) is 2.20. The molecule has 0 saturated carbocycles. The molecule has 128 valence electrons. The lowest BCUT2D eigenvalue weighted by Gasteiger charge is -2.15. The van der Waals surface area contributed by atoms with Gasteiger partial charge in [0.25, 0.3) is 5.91 Å². The molecule has 1 atom stereocenters. The highest BCUT2D eigenvalue weighted by atomic mass is 16.5. The number of nitrogens with one attached hydrogen (secondary N) is 1. The molecule has 7 heteroatoms. The SMILES string of the molecule is COc1ccc(-c2cc(C(=O)N3CC[C@@H](n4ccnc4)C3)[nH]n2)cc1. The molecule has 1 aliphatic heterocycles. The molecule has 0 aliphatic carbocycles. The van der Waals surface area contributed by atoms with Crippen LogP contribution in [0, 0.1) is 0 Å². The Morgan fingerprint density at radius 3 is 2.88 bits per heavy atom. The van der Waals surface area contributed by atoms with Gasteiger partial charge in [-0.15, -0.1) is 0 Å². The standard InChI is InChI=1S/C18H19N5O2/c1-25-15-4-2-13(3-5-15)16-10-17(21-20-16)18(24)22-8-6-14(11-22)23-9-7-19-12-23/h2-5,7,9-10,12,14H,6,8,11H2,1H3,(H,20,21)/t14-/m1/s1. The lowest BCUT2D eigenvalue weighted by molar-refractivity contribution is 0.0782. The second kappa shape index (κ2) is 6.43. The van der Waals surface area contributed by atoms with Gasteiger partial charge in [0.1, 0.15) is 11.4 Å². The van der Waals surface area contributed by atoms with Crippen LogP contribution in [0.3, 0.4) is 0 Å². The second-order valence-corrected chi connectivity index (χ2v) is 6.10. The molecule has 1 aliphatic rings. The lowest BCUT2D eigenvalue weighted by Crippen LogP contribution is -2.29.